The molecule has 96 valence electrons. The number of rotatable bonds is 2. The molecule has 3 rings (SSSR count). The van der Waals surface area contributed by atoms with Gasteiger partial charge < -0.3 is 9.64 Å². The monoisotopic (exact) mass is 267 g/mol. The first kappa shape index (κ1) is 11.7. The van der Waals surface area contributed by atoms with Gasteiger partial charge in [-0.25, -0.2) is 9.97 Å². The summed E-state index contributed by atoms with van der Waals surface area (Å²) in [4.78, 5) is 22.0. The van der Waals surface area contributed by atoms with Crippen LogP contribution in [-0.2, 0) is 22.4 Å². The van der Waals surface area contributed by atoms with Gasteiger partial charge in [-0.2, -0.15) is 0 Å². The maximum absolute atomic E-state index is 11.4. The maximum atomic E-state index is 11.4. The van der Waals surface area contributed by atoms with Gasteiger partial charge in [-0.1, -0.05) is 0 Å². The molecule has 0 amide bonds. The van der Waals surface area contributed by atoms with Crippen molar-refractivity contribution in [1.82, 2.24) is 9.97 Å². The Hall–Kier alpha value is -1.36. The quantitative estimate of drug-likeness (QED) is 0.596. The van der Waals surface area contributed by atoms with Crippen LogP contribution in [0.25, 0.3) is 0 Å². The predicted molar refractivity (Wildman–Crippen MR) is 66.8 cm³/mol. The second-order valence-electron chi connectivity index (χ2n) is 4.72. The molecule has 1 aromatic rings. The summed E-state index contributed by atoms with van der Waals surface area (Å²) in [5, 5.41) is 0.298. The van der Waals surface area contributed by atoms with E-state index < -0.39 is 0 Å². The maximum Gasteiger partial charge on any atom is 0.312 e. The molecule has 0 spiro atoms. The molecule has 2 heterocycles. The van der Waals surface area contributed by atoms with Crippen molar-refractivity contribution >= 4 is 23.4 Å². The van der Waals surface area contributed by atoms with Crippen LogP contribution in [0.15, 0.2) is 0 Å². The molecule has 1 saturated heterocycles. The molecule has 0 saturated carbocycles. The molecule has 2 aliphatic rings. The Bertz CT molecular complexity index is 500. The Morgan fingerprint density at radius 1 is 1.39 bits per heavy atom. The summed E-state index contributed by atoms with van der Waals surface area (Å²) >= 11 is 5.94. The molecule has 1 aromatic heterocycles. The number of methoxy groups -OCH3 is 1. The molecular formula is C12H14ClN3O2. The fourth-order valence-corrected chi connectivity index (χ4v) is 2.79. The zero-order chi connectivity index (χ0) is 12.7. The zero-order valence-corrected chi connectivity index (χ0v) is 10.9. The Kier molecular flexibility index (Phi) is 2.86. The molecule has 0 atom stereocenters. The average Bonchev–Trinajstić information content (AvgIpc) is 2.74. The molecule has 18 heavy (non-hydrogen) atoms. The van der Waals surface area contributed by atoms with Crippen LogP contribution in [0.4, 0.5) is 5.82 Å². The third-order valence-corrected chi connectivity index (χ3v) is 3.77. The van der Waals surface area contributed by atoms with Crippen molar-refractivity contribution in [2.24, 2.45) is 5.92 Å². The molecule has 1 aliphatic heterocycles. The van der Waals surface area contributed by atoms with E-state index in [4.69, 9.17) is 16.3 Å². The number of hydrogen-bond acceptors (Lipinski definition) is 5. The Balaban J connectivity index is 1.81. The topological polar surface area (TPSA) is 55.3 Å². The van der Waals surface area contributed by atoms with E-state index in [2.05, 4.69) is 14.9 Å². The van der Waals surface area contributed by atoms with E-state index in [1.54, 1.807) is 0 Å². The van der Waals surface area contributed by atoms with Crippen LogP contribution in [0.5, 0.6) is 0 Å². The van der Waals surface area contributed by atoms with E-state index in [1.807, 2.05) is 0 Å². The number of aromatic nitrogens is 2. The van der Waals surface area contributed by atoms with Crippen molar-refractivity contribution in [1.29, 1.82) is 0 Å². The van der Waals surface area contributed by atoms with E-state index in [1.165, 1.54) is 12.7 Å². The molecule has 0 radical (unpaired) electrons. The fourth-order valence-electron chi connectivity index (χ4n) is 2.61. The number of fused-ring (bicyclic) bond motifs is 1. The van der Waals surface area contributed by atoms with Crippen LogP contribution >= 0.6 is 11.6 Å². The highest BCUT2D eigenvalue weighted by Gasteiger charge is 2.36. The summed E-state index contributed by atoms with van der Waals surface area (Å²) in [6, 6.07) is 0. The predicted octanol–water partition coefficient (Wildman–Crippen LogP) is 1.23. The molecule has 5 nitrogen and oxygen atoms in total. The van der Waals surface area contributed by atoms with E-state index in [0.29, 0.717) is 18.4 Å². The largest absolute Gasteiger partial charge is 0.469 e. The number of hydrogen-bond donors (Lipinski definition) is 0. The third kappa shape index (κ3) is 1.82. The van der Waals surface area contributed by atoms with Crippen molar-refractivity contribution in [3.8, 4) is 0 Å². The van der Waals surface area contributed by atoms with E-state index >= 15 is 0 Å². The zero-order valence-electron chi connectivity index (χ0n) is 10.1. The summed E-state index contributed by atoms with van der Waals surface area (Å²) in [6.07, 6.45) is 3.08. The van der Waals surface area contributed by atoms with E-state index in [-0.39, 0.29) is 11.9 Å². The summed E-state index contributed by atoms with van der Waals surface area (Å²) in [5.41, 5.74) is 2.26. The van der Waals surface area contributed by atoms with Gasteiger partial charge in [0.2, 0.25) is 5.28 Å². The van der Waals surface area contributed by atoms with Gasteiger partial charge in [0.1, 0.15) is 5.82 Å². The number of nitrogens with zero attached hydrogens (tertiary/aromatic N) is 3. The number of carbonyl (C=O) groups is 1. The summed E-state index contributed by atoms with van der Waals surface area (Å²) < 4.78 is 4.73. The molecule has 0 N–H and O–H groups in total. The lowest BCUT2D eigenvalue weighted by molar-refractivity contribution is -0.146. The van der Waals surface area contributed by atoms with Gasteiger partial charge in [0.15, 0.2) is 0 Å². The van der Waals surface area contributed by atoms with Crippen molar-refractivity contribution in [2.75, 3.05) is 25.1 Å². The Labute approximate surface area is 110 Å². The first-order chi connectivity index (χ1) is 8.69. The lowest BCUT2D eigenvalue weighted by atomic mass is 9.99. The summed E-state index contributed by atoms with van der Waals surface area (Å²) in [6.45, 7) is 1.32. The van der Waals surface area contributed by atoms with Crippen molar-refractivity contribution in [2.45, 2.75) is 19.3 Å². The molecule has 0 unspecified atom stereocenters. The highest BCUT2D eigenvalue weighted by molar-refractivity contribution is 6.28. The molecule has 0 bridgehead atoms. The number of carbonyl (C=O) groups excluding carboxylic acids is 1. The summed E-state index contributed by atoms with van der Waals surface area (Å²) in [5.74, 6) is 0.714. The van der Waals surface area contributed by atoms with Crippen molar-refractivity contribution < 1.29 is 9.53 Å². The standard InChI is InChI=1S/C12H14ClN3O2/c1-18-11(17)7-5-16(6-7)10-8-3-2-4-9(8)14-12(13)15-10/h7H,2-6H2,1H3. The van der Waals surface area contributed by atoms with Crippen LogP contribution in [0.1, 0.15) is 17.7 Å². The summed E-state index contributed by atoms with van der Waals surface area (Å²) in [7, 11) is 1.42. The second-order valence-corrected chi connectivity index (χ2v) is 5.06. The molecule has 1 aliphatic carbocycles. The van der Waals surface area contributed by atoms with Gasteiger partial charge >= 0.3 is 5.97 Å². The fraction of sp³-hybridized carbons (Fsp3) is 0.583. The van der Waals surface area contributed by atoms with Gasteiger partial charge in [-0.15, -0.1) is 0 Å². The Morgan fingerprint density at radius 2 is 2.17 bits per heavy atom. The lowest BCUT2D eigenvalue weighted by Gasteiger charge is -2.39. The SMILES string of the molecule is COC(=O)C1CN(c2nc(Cl)nc3c2CCC3)C1. The molecular weight excluding hydrogens is 254 g/mol. The van der Waals surface area contributed by atoms with Gasteiger partial charge in [-0.05, 0) is 30.9 Å². The minimum Gasteiger partial charge on any atom is -0.469 e. The van der Waals surface area contributed by atoms with Gasteiger partial charge in [0.05, 0.1) is 18.7 Å². The van der Waals surface area contributed by atoms with Crippen LogP contribution < -0.4 is 4.90 Å². The van der Waals surface area contributed by atoms with Gasteiger partial charge in [-0.3, -0.25) is 4.79 Å². The molecule has 0 aromatic carbocycles. The van der Waals surface area contributed by atoms with Crippen LogP contribution in [0.3, 0.4) is 0 Å². The minimum absolute atomic E-state index is 0.0409. The number of anilines is 1. The Morgan fingerprint density at radius 3 is 2.89 bits per heavy atom. The van der Waals surface area contributed by atoms with Crippen LogP contribution in [-0.4, -0.2) is 36.1 Å². The van der Waals surface area contributed by atoms with Crippen LogP contribution in [0.2, 0.25) is 5.28 Å². The number of aryl methyl sites for hydroxylation is 1. The second kappa shape index (κ2) is 4.39. The smallest absolute Gasteiger partial charge is 0.312 e. The molecule has 1 fully saturated rings. The number of ether oxygens (including phenoxy) is 1. The van der Waals surface area contributed by atoms with E-state index in [0.717, 1.165) is 30.8 Å². The van der Waals surface area contributed by atoms with Crippen LogP contribution in [0, 0.1) is 5.92 Å². The normalized spacial score (nSPS) is 18.4. The number of halogens is 1. The number of esters is 1. The minimum atomic E-state index is -0.150. The van der Waals surface area contributed by atoms with Gasteiger partial charge in [0, 0.05) is 18.7 Å². The average molecular weight is 268 g/mol. The molecule has 6 heteroatoms. The highest BCUT2D eigenvalue weighted by Crippen LogP contribution is 2.33. The van der Waals surface area contributed by atoms with E-state index in [9.17, 15) is 4.79 Å². The highest BCUT2D eigenvalue weighted by atomic mass is 35.5. The third-order valence-electron chi connectivity index (χ3n) is 3.60. The first-order valence-electron chi connectivity index (χ1n) is 6.07. The van der Waals surface area contributed by atoms with Crippen molar-refractivity contribution in [3.63, 3.8) is 0 Å². The van der Waals surface area contributed by atoms with Gasteiger partial charge in [0.25, 0.3) is 0 Å². The van der Waals surface area contributed by atoms with Crippen molar-refractivity contribution in [3.05, 3.63) is 16.5 Å². The first-order valence-corrected chi connectivity index (χ1v) is 6.45. The lowest BCUT2D eigenvalue weighted by Crippen LogP contribution is -2.51.